The number of piperazine rings is 1. The summed E-state index contributed by atoms with van der Waals surface area (Å²) in [7, 11) is 1.43. The third-order valence-electron chi connectivity index (χ3n) is 5.24. The van der Waals surface area contributed by atoms with Gasteiger partial charge in [-0.05, 0) is 18.4 Å². The summed E-state index contributed by atoms with van der Waals surface area (Å²) in [6.07, 6.45) is 4.42. The molecule has 1 aromatic carbocycles. The largest absolute Gasteiger partial charge is 0.468 e. The van der Waals surface area contributed by atoms with E-state index in [-0.39, 0.29) is 17.9 Å². The number of amides is 1. The van der Waals surface area contributed by atoms with Gasteiger partial charge in [0.05, 0.1) is 7.11 Å². The molecule has 2 fully saturated rings. The molecular weight excluding hydrogens is 304 g/mol. The van der Waals surface area contributed by atoms with Gasteiger partial charge in [0.15, 0.2) is 0 Å². The lowest BCUT2D eigenvalue weighted by Gasteiger charge is -2.39. The van der Waals surface area contributed by atoms with Crippen molar-refractivity contribution in [2.24, 2.45) is 5.92 Å². The molecule has 5 heteroatoms. The maximum absolute atomic E-state index is 12.6. The fraction of sp³-hybridized carbons (Fsp3) is 0.579. The van der Waals surface area contributed by atoms with Crippen LogP contribution >= 0.6 is 0 Å². The third kappa shape index (κ3) is 3.61. The molecule has 1 heterocycles. The van der Waals surface area contributed by atoms with Gasteiger partial charge in [-0.2, -0.15) is 0 Å². The van der Waals surface area contributed by atoms with E-state index in [1.165, 1.54) is 20.0 Å². The summed E-state index contributed by atoms with van der Waals surface area (Å²) in [6, 6.07) is 9.33. The van der Waals surface area contributed by atoms with Gasteiger partial charge in [0.2, 0.25) is 5.91 Å². The quantitative estimate of drug-likeness (QED) is 0.795. The van der Waals surface area contributed by atoms with Crippen molar-refractivity contribution < 1.29 is 14.3 Å². The maximum atomic E-state index is 12.6. The molecule has 130 valence electrons. The van der Waals surface area contributed by atoms with Crippen LogP contribution in [-0.2, 0) is 14.3 Å². The van der Waals surface area contributed by atoms with Crippen molar-refractivity contribution in [2.75, 3.05) is 33.3 Å². The molecule has 0 aromatic heterocycles. The second-order valence-corrected chi connectivity index (χ2v) is 6.68. The SMILES string of the molecule is COC(=O)[C@H](c1ccccc1)N1CCN(C(=O)C2CCCC2)CC1. The summed E-state index contributed by atoms with van der Waals surface area (Å²) in [5.74, 6) is 0.292. The Balaban J connectivity index is 1.65. The Bertz CT molecular complexity index is 561. The molecule has 1 aliphatic heterocycles. The lowest BCUT2D eigenvalue weighted by molar-refractivity contribution is -0.149. The fourth-order valence-electron chi connectivity index (χ4n) is 3.87. The van der Waals surface area contributed by atoms with Crippen molar-refractivity contribution in [1.29, 1.82) is 0 Å². The van der Waals surface area contributed by atoms with E-state index in [1.807, 2.05) is 35.2 Å². The van der Waals surface area contributed by atoms with Crippen LogP contribution < -0.4 is 0 Å². The summed E-state index contributed by atoms with van der Waals surface area (Å²) in [6.45, 7) is 2.78. The van der Waals surface area contributed by atoms with E-state index in [9.17, 15) is 9.59 Å². The molecule has 0 N–H and O–H groups in total. The minimum Gasteiger partial charge on any atom is -0.468 e. The number of benzene rings is 1. The van der Waals surface area contributed by atoms with Gasteiger partial charge in [-0.15, -0.1) is 0 Å². The van der Waals surface area contributed by atoms with Crippen molar-refractivity contribution in [2.45, 2.75) is 31.7 Å². The first-order valence-electron chi connectivity index (χ1n) is 8.86. The Morgan fingerprint density at radius 1 is 1.04 bits per heavy atom. The van der Waals surface area contributed by atoms with Gasteiger partial charge in [-0.25, -0.2) is 4.79 Å². The highest BCUT2D eigenvalue weighted by atomic mass is 16.5. The topological polar surface area (TPSA) is 49.9 Å². The Morgan fingerprint density at radius 2 is 1.67 bits per heavy atom. The van der Waals surface area contributed by atoms with Crippen molar-refractivity contribution in [1.82, 2.24) is 9.80 Å². The molecule has 24 heavy (non-hydrogen) atoms. The van der Waals surface area contributed by atoms with Gasteiger partial charge >= 0.3 is 5.97 Å². The number of carbonyl (C=O) groups excluding carboxylic acids is 2. The number of hydrogen-bond donors (Lipinski definition) is 0. The van der Waals surface area contributed by atoms with Crippen LogP contribution in [0.1, 0.15) is 37.3 Å². The lowest BCUT2D eigenvalue weighted by atomic mass is 10.0. The minimum absolute atomic E-state index is 0.224. The second-order valence-electron chi connectivity index (χ2n) is 6.68. The van der Waals surface area contributed by atoms with E-state index in [1.54, 1.807) is 0 Å². The normalized spacial score (nSPS) is 20.8. The molecule has 0 bridgehead atoms. The number of carbonyl (C=O) groups is 2. The number of rotatable bonds is 4. The first-order valence-corrected chi connectivity index (χ1v) is 8.86. The van der Waals surface area contributed by atoms with Crippen LogP contribution in [0.2, 0.25) is 0 Å². The van der Waals surface area contributed by atoms with Gasteiger partial charge in [0.25, 0.3) is 0 Å². The first kappa shape index (κ1) is 17.0. The van der Waals surface area contributed by atoms with Gasteiger partial charge < -0.3 is 9.64 Å². The van der Waals surface area contributed by atoms with Gasteiger partial charge in [-0.3, -0.25) is 9.69 Å². The number of methoxy groups -OCH3 is 1. The average molecular weight is 330 g/mol. The summed E-state index contributed by atoms with van der Waals surface area (Å²) in [5.41, 5.74) is 0.944. The van der Waals surface area contributed by atoms with Crippen LogP contribution in [0.3, 0.4) is 0 Å². The highest BCUT2D eigenvalue weighted by Crippen LogP contribution is 2.28. The third-order valence-corrected chi connectivity index (χ3v) is 5.24. The Kier molecular flexibility index (Phi) is 5.51. The van der Waals surface area contributed by atoms with Crippen molar-refractivity contribution in [3.05, 3.63) is 35.9 Å². The highest BCUT2D eigenvalue weighted by molar-refractivity contribution is 5.79. The van der Waals surface area contributed by atoms with Crippen LogP contribution in [-0.4, -0.2) is 55.0 Å². The molecular formula is C19H26N2O3. The zero-order chi connectivity index (χ0) is 16.9. The van der Waals surface area contributed by atoms with E-state index in [4.69, 9.17) is 4.74 Å². The Morgan fingerprint density at radius 3 is 2.25 bits per heavy atom. The molecule has 1 atom stereocenters. The van der Waals surface area contributed by atoms with Crippen LogP contribution in [0.15, 0.2) is 30.3 Å². The molecule has 0 radical (unpaired) electrons. The number of nitrogens with zero attached hydrogens (tertiary/aromatic N) is 2. The molecule has 0 spiro atoms. The zero-order valence-corrected chi connectivity index (χ0v) is 14.3. The van der Waals surface area contributed by atoms with Gasteiger partial charge in [-0.1, -0.05) is 43.2 Å². The summed E-state index contributed by atoms with van der Waals surface area (Å²) >= 11 is 0. The highest BCUT2D eigenvalue weighted by Gasteiger charge is 2.34. The molecule has 5 nitrogen and oxygen atoms in total. The molecule has 2 aliphatic rings. The number of esters is 1. The fourth-order valence-corrected chi connectivity index (χ4v) is 3.87. The van der Waals surface area contributed by atoms with Crippen LogP contribution in [0.4, 0.5) is 0 Å². The van der Waals surface area contributed by atoms with E-state index >= 15 is 0 Å². The Hall–Kier alpha value is -1.88. The lowest BCUT2D eigenvalue weighted by Crippen LogP contribution is -2.52. The molecule has 1 aliphatic carbocycles. The van der Waals surface area contributed by atoms with E-state index < -0.39 is 0 Å². The second kappa shape index (κ2) is 7.79. The minimum atomic E-state index is -0.389. The van der Waals surface area contributed by atoms with Crippen molar-refractivity contribution in [3.63, 3.8) is 0 Å². The molecule has 1 saturated carbocycles. The van der Waals surface area contributed by atoms with E-state index in [2.05, 4.69) is 4.90 Å². The van der Waals surface area contributed by atoms with E-state index in [0.717, 1.165) is 18.4 Å². The standard InChI is InChI=1S/C19H26N2O3/c1-24-19(23)17(15-7-3-2-4-8-15)20-11-13-21(14-12-20)18(22)16-9-5-6-10-16/h2-4,7-8,16-17H,5-6,9-14H2,1H3/t17-/m0/s1. The maximum Gasteiger partial charge on any atom is 0.327 e. The summed E-state index contributed by atoms with van der Waals surface area (Å²) < 4.78 is 5.01. The molecule has 1 amide bonds. The molecule has 1 saturated heterocycles. The zero-order valence-electron chi connectivity index (χ0n) is 14.3. The first-order chi connectivity index (χ1) is 11.7. The number of hydrogen-bond acceptors (Lipinski definition) is 4. The molecule has 0 unspecified atom stereocenters. The molecule has 1 aromatic rings. The van der Waals surface area contributed by atoms with Crippen molar-refractivity contribution >= 4 is 11.9 Å². The number of ether oxygens (including phenoxy) is 1. The predicted octanol–water partition coefficient (Wildman–Crippen LogP) is 2.24. The van der Waals surface area contributed by atoms with Crippen LogP contribution in [0.5, 0.6) is 0 Å². The summed E-state index contributed by atoms with van der Waals surface area (Å²) in [5, 5.41) is 0. The Labute approximate surface area is 143 Å². The predicted molar refractivity (Wildman–Crippen MR) is 91.3 cm³/mol. The average Bonchev–Trinajstić information content (AvgIpc) is 3.17. The summed E-state index contributed by atoms with van der Waals surface area (Å²) in [4.78, 5) is 28.9. The molecule has 3 rings (SSSR count). The van der Waals surface area contributed by atoms with E-state index in [0.29, 0.717) is 32.1 Å². The van der Waals surface area contributed by atoms with Gasteiger partial charge in [0.1, 0.15) is 6.04 Å². The van der Waals surface area contributed by atoms with Crippen LogP contribution in [0, 0.1) is 5.92 Å². The van der Waals surface area contributed by atoms with Crippen molar-refractivity contribution in [3.8, 4) is 0 Å². The monoisotopic (exact) mass is 330 g/mol. The smallest absolute Gasteiger partial charge is 0.327 e. The van der Waals surface area contributed by atoms with Crippen LogP contribution in [0.25, 0.3) is 0 Å². The van der Waals surface area contributed by atoms with Gasteiger partial charge in [0, 0.05) is 32.1 Å².